The Morgan fingerprint density at radius 1 is 1.54 bits per heavy atom. The number of halogens is 1. The minimum absolute atomic E-state index is 0. The van der Waals surface area contributed by atoms with E-state index in [4.69, 9.17) is 5.11 Å². The molecule has 0 aliphatic carbocycles. The molecule has 1 aromatic rings. The number of hydrogen-bond donors (Lipinski definition) is 1. The fourth-order valence-electron chi connectivity index (χ4n) is 0.367. The van der Waals surface area contributed by atoms with Crippen LogP contribution in [0.25, 0.3) is 0 Å². The summed E-state index contributed by atoms with van der Waals surface area (Å²) in [4.78, 5) is 9.37. The molecule has 1 rings (SSSR count). The Labute approximate surface area is 99.1 Å². The van der Waals surface area contributed by atoms with E-state index in [2.05, 4.69) is 6.07 Å². The van der Waals surface area contributed by atoms with Gasteiger partial charge in [0.25, 0.3) is 0 Å². The van der Waals surface area contributed by atoms with Crippen molar-refractivity contribution in [2.75, 3.05) is 0 Å². The Balaban J connectivity index is 0. The summed E-state index contributed by atoms with van der Waals surface area (Å²) in [6.07, 6.45) is 0.222. The Morgan fingerprint density at radius 3 is 2.08 bits per heavy atom. The first-order valence-corrected chi connectivity index (χ1v) is 3.50. The van der Waals surface area contributed by atoms with Crippen molar-refractivity contribution in [1.29, 1.82) is 0 Å². The van der Waals surface area contributed by atoms with Crippen molar-refractivity contribution in [3.8, 4) is 0 Å². The summed E-state index contributed by atoms with van der Waals surface area (Å²) in [5.74, 6) is -0.955. The van der Waals surface area contributed by atoms with Crippen LogP contribution in [0.1, 0.15) is 13.3 Å². The van der Waals surface area contributed by atoms with Gasteiger partial charge in [0.2, 0.25) is 0 Å². The predicted molar refractivity (Wildman–Crippen MR) is 43.2 cm³/mol. The van der Waals surface area contributed by atoms with Crippen LogP contribution in [0.3, 0.4) is 0 Å². The van der Waals surface area contributed by atoms with E-state index in [0.29, 0.717) is 0 Å². The molecule has 0 aromatic heterocycles. The second-order valence-corrected chi connectivity index (χ2v) is 1.97. The van der Waals surface area contributed by atoms with E-state index in [1.165, 1.54) is 24.3 Å². The standard InChI is InChI=1S/C6H4F.C3H6O2.Na/c7-6-4-2-1-3-5-6;1-2-3(4)5;/h2-5H;2H2,1H3,(H,4,5);/q-1;;+1. The van der Waals surface area contributed by atoms with Gasteiger partial charge in [0.1, 0.15) is 0 Å². The van der Waals surface area contributed by atoms with Crippen molar-refractivity contribution in [2.24, 2.45) is 0 Å². The molecule has 1 aromatic carbocycles. The van der Waals surface area contributed by atoms with Gasteiger partial charge in [-0.2, -0.15) is 18.2 Å². The molecule has 0 radical (unpaired) electrons. The Hall–Kier alpha value is -0.380. The number of hydrogen-bond acceptors (Lipinski definition) is 1. The van der Waals surface area contributed by atoms with Gasteiger partial charge >= 0.3 is 35.5 Å². The quantitative estimate of drug-likeness (QED) is 0.463. The number of carboxylic acid groups (broad SMARTS) is 1. The van der Waals surface area contributed by atoms with E-state index in [0.717, 1.165) is 0 Å². The second kappa shape index (κ2) is 9.71. The van der Waals surface area contributed by atoms with Gasteiger partial charge in [-0.25, -0.2) is 4.39 Å². The minimum atomic E-state index is -0.745. The summed E-state index contributed by atoms with van der Waals surface area (Å²) in [5, 5.41) is 7.72. The zero-order chi connectivity index (χ0) is 9.40. The van der Waals surface area contributed by atoms with Gasteiger partial charge in [-0.15, -0.1) is 12.1 Å². The number of aliphatic carboxylic acids is 1. The van der Waals surface area contributed by atoms with Crippen LogP contribution in [0.15, 0.2) is 24.3 Å². The summed E-state index contributed by atoms with van der Waals surface area (Å²) in [7, 11) is 0. The number of carbonyl (C=O) groups is 1. The molecule has 0 amide bonds. The molecule has 0 heterocycles. The van der Waals surface area contributed by atoms with Crippen LogP contribution < -0.4 is 29.6 Å². The maximum Gasteiger partial charge on any atom is 1.00 e. The van der Waals surface area contributed by atoms with Crippen molar-refractivity contribution in [2.45, 2.75) is 13.3 Å². The molecule has 0 saturated carbocycles. The maximum atomic E-state index is 11.9. The monoisotopic (exact) mass is 192 g/mol. The van der Waals surface area contributed by atoms with Gasteiger partial charge in [0, 0.05) is 12.2 Å². The van der Waals surface area contributed by atoms with E-state index >= 15 is 0 Å². The molecular formula is C9H10FNaO2. The van der Waals surface area contributed by atoms with E-state index in [9.17, 15) is 9.18 Å². The van der Waals surface area contributed by atoms with Crippen LogP contribution in [0.5, 0.6) is 0 Å². The Kier molecular flexibility index (Phi) is 11.3. The normalized spacial score (nSPS) is 7.54. The minimum Gasteiger partial charge on any atom is -0.481 e. The predicted octanol–water partition coefficient (Wildman–Crippen LogP) is -0.889. The number of rotatable bonds is 1. The van der Waals surface area contributed by atoms with Crippen LogP contribution in [0, 0.1) is 11.9 Å². The van der Waals surface area contributed by atoms with Gasteiger partial charge in [-0.05, 0) is 0 Å². The third-order valence-corrected chi connectivity index (χ3v) is 0.980. The van der Waals surface area contributed by atoms with Gasteiger partial charge in [-0.1, -0.05) is 6.92 Å². The van der Waals surface area contributed by atoms with Crippen LogP contribution in [-0.4, -0.2) is 11.1 Å². The molecule has 66 valence electrons. The molecule has 1 N–H and O–H groups in total. The van der Waals surface area contributed by atoms with Gasteiger partial charge in [-0.3, -0.25) is 4.79 Å². The number of carboxylic acids is 1. The summed E-state index contributed by atoms with van der Waals surface area (Å²) in [6, 6.07) is 8.49. The van der Waals surface area contributed by atoms with Gasteiger partial charge in [0.05, 0.1) is 0 Å². The van der Waals surface area contributed by atoms with E-state index in [1.807, 2.05) is 0 Å². The summed E-state index contributed by atoms with van der Waals surface area (Å²) < 4.78 is 11.9. The maximum absolute atomic E-state index is 11.9. The molecule has 0 aliphatic heterocycles. The molecule has 0 bridgehead atoms. The van der Waals surface area contributed by atoms with Crippen molar-refractivity contribution in [1.82, 2.24) is 0 Å². The molecule has 0 aliphatic rings. The first-order chi connectivity index (χ1) is 5.66. The van der Waals surface area contributed by atoms with Crippen LogP contribution >= 0.6 is 0 Å². The molecule has 4 heteroatoms. The summed E-state index contributed by atoms with van der Waals surface area (Å²) >= 11 is 0. The Bertz CT molecular complexity index is 226. The third kappa shape index (κ3) is 11.6. The first kappa shape index (κ1) is 15.1. The van der Waals surface area contributed by atoms with Crippen LogP contribution in [-0.2, 0) is 4.79 Å². The van der Waals surface area contributed by atoms with Crippen molar-refractivity contribution in [3.05, 3.63) is 36.1 Å². The molecule has 0 fully saturated rings. The second-order valence-electron chi connectivity index (χ2n) is 1.97. The molecule has 0 spiro atoms. The molecule has 2 nitrogen and oxygen atoms in total. The fraction of sp³-hybridized carbons (Fsp3) is 0.222. The molecule has 0 unspecified atom stereocenters. The average Bonchev–Trinajstić information content (AvgIpc) is 2.07. The van der Waals surface area contributed by atoms with Crippen LogP contribution in [0.4, 0.5) is 4.39 Å². The molecular weight excluding hydrogens is 182 g/mol. The molecule has 0 atom stereocenters. The van der Waals surface area contributed by atoms with Gasteiger partial charge < -0.3 is 5.11 Å². The smallest absolute Gasteiger partial charge is 0.481 e. The van der Waals surface area contributed by atoms with Crippen molar-refractivity contribution < 1.29 is 43.8 Å². The first-order valence-electron chi connectivity index (χ1n) is 3.50. The average molecular weight is 192 g/mol. The van der Waals surface area contributed by atoms with Crippen molar-refractivity contribution >= 4 is 5.97 Å². The summed E-state index contributed by atoms with van der Waals surface area (Å²) in [5.41, 5.74) is 0. The molecule has 13 heavy (non-hydrogen) atoms. The largest absolute Gasteiger partial charge is 1.00 e. The van der Waals surface area contributed by atoms with Crippen molar-refractivity contribution in [3.63, 3.8) is 0 Å². The fourth-order valence-corrected chi connectivity index (χ4v) is 0.367. The number of benzene rings is 1. The zero-order valence-corrected chi connectivity index (χ0v) is 9.75. The Morgan fingerprint density at radius 2 is 1.92 bits per heavy atom. The topological polar surface area (TPSA) is 37.3 Å². The van der Waals surface area contributed by atoms with Gasteiger partial charge in [0.15, 0.2) is 0 Å². The van der Waals surface area contributed by atoms with E-state index < -0.39 is 5.97 Å². The SMILES string of the molecule is CCC(=O)O.Fc1cc[c-]cc1.[Na+]. The van der Waals surface area contributed by atoms with Crippen LogP contribution in [0.2, 0.25) is 0 Å². The third-order valence-electron chi connectivity index (χ3n) is 0.980. The van der Waals surface area contributed by atoms with E-state index in [-0.39, 0.29) is 41.8 Å². The zero-order valence-electron chi connectivity index (χ0n) is 7.75. The summed E-state index contributed by atoms with van der Waals surface area (Å²) in [6.45, 7) is 1.60. The molecule has 0 saturated heterocycles. The van der Waals surface area contributed by atoms with E-state index in [1.54, 1.807) is 6.92 Å².